The molecule has 0 unspecified atom stereocenters. The van der Waals surface area contributed by atoms with Gasteiger partial charge >= 0.3 is 0 Å². The molecule has 1 rings (SSSR count). The first-order valence-corrected chi connectivity index (χ1v) is 4.17. The van der Waals surface area contributed by atoms with Crippen molar-refractivity contribution in [2.24, 2.45) is 5.73 Å². The van der Waals surface area contributed by atoms with Crippen molar-refractivity contribution in [3.8, 4) is 0 Å². The molecular weight excluding hydrogens is 184 g/mol. The summed E-state index contributed by atoms with van der Waals surface area (Å²) in [5.74, 6) is 0. The Morgan fingerprint density at radius 2 is 1.77 bits per heavy atom. The third-order valence-electron chi connectivity index (χ3n) is 2.03. The molecule has 0 heterocycles. The van der Waals surface area contributed by atoms with Gasteiger partial charge in [-0.05, 0) is 19.7 Å². The highest BCUT2D eigenvalue weighted by molar-refractivity contribution is 5.85. The average Bonchev–Trinajstić information content (AvgIpc) is 2.07. The van der Waals surface area contributed by atoms with Gasteiger partial charge in [0, 0.05) is 12.6 Å². The zero-order valence-electron chi connectivity index (χ0n) is 8.10. The summed E-state index contributed by atoms with van der Waals surface area (Å²) in [6.45, 7) is 0.664. The summed E-state index contributed by atoms with van der Waals surface area (Å²) < 4.78 is 0. The highest BCUT2D eigenvalue weighted by Gasteiger charge is 2.09. The van der Waals surface area contributed by atoms with Crippen LogP contribution in [0.1, 0.15) is 11.6 Å². The molecular formula is C10H17ClN2. The van der Waals surface area contributed by atoms with Crippen molar-refractivity contribution in [2.75, 3.05) is 20.6 Å². The van der Waals surface area contributed by atoms with Crippen molar-refractivity contribution in [1.82, 2.24) is 4.90 Å². The molecule has 0 spiro atoms. The Balaban J connectivity index is 0.00000144. The van der Waals surface area contributed by atoms with Crippen molar-refractivity contribution < 1.29 is 0 Å². The van der Waals surface area contributed by atoms with Crippen LogP contribution in [-0.2, 0) is 0 Å². The van der Waals surface area contributed by atoms with Gasteiger partial charge < -0.3 is 10.6 Å². The minimum Gasteiger partial charge on any atom is -0.329 e. The van der Waals surface area contributed by atoms with Gasteiger partial charge in [-0.2, -0.15) is 0 Å². The first-order valence-electron chi connectivity index (χ1n) is 4.17. The van der Waals surface area contributed by atoms with Crippen LogP contribution in [0.25, 0.3) is 0 Å². The van der Waals surface area contributed by atoms with E-state index in [0.717, 1.165) is 0 Å². The number of halogens is 1. The monoisotopic (exact) mass is 200 g/mol. The van der Waals surface area contributed by atoms with Gasteiger partial charge in [0.05, 0.1) is 0 Å². The number of hydrogen-bond acceptors (Lipinski definition) is 2. The maximum absolute atomic E-state index is 5.66. The fourth-order valence-corrected chi connectivity index (χ4v) is 1.32. The fourth-order valence-electron chi connectivity index (χ4n) is 1.32. The Bertz CT molecular complexity index is 224. The second kappa shape index (κ2) is 5.97. The standard InChI is InChI=1S/C10H16N2.ClH/c1-12(2)10(8-11)9-6-4-3-5-7-9;/h3-7,10H,8,11H2,1-2H3;1H/t10-;/m1./s1. The third-order valence-corrected chi connectivity index (χ3v) is 2.03. The zero-order valence-corrected chi connectivity index (χ0v) is 8.92. The molecule has 0 amide bonds. The summed E-state index contributed by atoms with van der Waals surface area (Å²) in [6.07, 6.45) is 0. The highest BCUT2D eigenvalue weighted by atomic mass is 35.5. The van der Waals surface area contributed by atoms with Crippen LogP contribution in [0.3, 0.4) is 0 Å². The van der Waals surface area contributed by atoms with Crippen LogP contribution < -0.4 is 5.73 Å². The van der Waals surface area contributed by atoms with Crippen LogP contribution in [0, 0.1) is 0 Å². The molecule has 0 saturated heterocycles. The molecule has 0 radical (unpaired) electrons. The van der Waals surface area contributed by atoms with Crippen LogP contribution >= 0.6 is 12.4 Å². The number of rotatable bonds is 3. The molecule has 2 N–H and O–H groups in total. The van der Waals surface area contributed by atoms with Crippen LogP contribution in [0.4, 0.5) is 0 Å². The van der Waals surface area contributed by atoms with Crippen LogP contribution in [0.2, 0.25) is 0 Å². The zero-order chi connectivity index (χ0) is 8.97. The number of likely N-dealkylation sites (N-methyl/N-ethyl adjacent to an activating group) is 1. The molecule has 2 nitrogen and oxygen atoms in total. The van der Waals surface area contributed by atoms with E-state index in [1.807, 2.05) is 32.3 Å². The quantitative estimate of drug-likeness (QED) is 0.805. The van der Waals surface area contributed by atoms with E-state index in [1.165, 1.54) is 5.56 Å². The predicted molar refractivity (Wildman–Crippen MR) is 59.2 cm³/mol. The lowest BCUT2D eigenvalue weighted by atomic mass is 10.1. The average molecular weight is 201 g/mol. The Labute approximate surface area is 86.1 Å². The summed E-state index contributed by atoms with van der Waals surface area (Å²) in [5, 5.41) is 0. The summed E-state index contributed by atoms with van der Waals surface area (Å²) in [6, 6.07) is 10.7. The second-order valence-corrected chi connectivity index (χ2v) is 3.13. The molecule has 74 valence electrons. The van der Waals surface area contributed by atoms with E-state index in [4.69, 9.17) is 5.73 Å². The number of nitrogens with two attached hydrogens (primary N) is 1. The van der Waals surface area contributed by atoms with Crippen molar-refractivity contribution in [3.63, 3.8) is 0 Å². The maximum atomic E-state index is 5.66. The second-order valence-electron chi connectivity index (χ2n) is 3.13. The Morgan fingerprint density at radius 1 is 1.23 bits per heavy atom. The normalized spacial score (nSPS) is 12.3. The molecule has 0 saturated carbocycles. The molecule has 0 aromatic heterocycles. The topological polar surface area (TPSA) is 29.3 Å². The van der Waals surface area contributed by atoms with Gasteiger partial charge in [0.1, 0.15) is 0 Å². The lowest BCUT2D eigenvalue weighted by Crippen LogP contribution is -2.26. The smallest absolute Gasteiger partial charge is 0.0464 e. The largest absolute Gasteiger partial charge is 0.329 e. The lowest BCUT2D eigenvalue weighted by molar-refractivity contribution is 0.306. The first-order chi connectivity index (χ1) is 5.75. The van der Waals surface area contributed by atoms with E-state index < -0.39 is 0 Å². The van der Waals surface area contributed by atoms with Gasteiger partial charge in [-0.1, -0.05) is 30.3 Å². The van der Waals surface area contributed by atoms with Gasteiger partial charge in [-0.3, -0.25) is 0 Å². The summed E-state index contributed by atoms with van der Waals surface area (Å²) in [7, 11) is 4.09. The van der Waals surface area contributed by atoms with Crippen LogP contribution in [0.5, 0.6) is 0 Å². The van der Waals surface area contributed by atoms with Crippen molar-refractivity contribution >= 4 is 12.4 Å². The molecule has 13 heavy (non-hydrogen) atoms. The Morgan fingerprint density at radius 3 is 2.15 bits per heavy atom. The number of nitrogens with zero attached hydrogens (tertiary/aromatic N) is 1. The molecule has 0 aliphatic carbocycles. The van der Waals surface area contributed by atoms with E-state index in [1.54, 1.807) is 0 Å². The molecule has 3 heteroatoms. The van der Waals surface area contributed by atoms with E-state index in [2.05, 4.69) is 17.0 Å². The van der Waals surface area contributed by atoms with E-state index in [0.29, 0.717) is 12.6 Å². The van der Waals surface area contributed by atoms with Gasteiger partial charge in [0.25, 0.3) is 0 Å². The molecule has 1 aromatic carbocycles. The number of benzene rings is 1. The van der Waals surface area contributed by atoms with Gasteiger partial charge in [0.2, 0.25) is 0 Å². The van der Waals surface area contributed by atoms with E-state index in [9.17, 15) is 0 Å². The summed E-state index contributed by atoms with van der Waals surface area (Å²) >= 11 is 0. The summed E-state index contributed by atoms with van der Waals surface area (Å²) in [5.41, 5.74) is 6.95. The fraction of sp³-hybridized carbons (Fsp3) is 0.400. The molecule has 1 atom stereocenters. The maximum Gasteiger partial charge on any atom is 0.0464 e. The number of hydrogen-bond donors (Lipinski definition) is 1. The third kappa shape index (κ3) is 3.35. The van der Waals surface area contributed by atoms with E-state index >= 15 is 0 Å². The SMILES string of the molecule is CN(C)[C@H](CN)c1ccccc1.Cl. The van der Waals surface area contributed by atoms with Gasteiger partial charge in [-0.15, -0.1) is 12.4 Å². The summed E-state index contributed by atoms with van der Waals surface area (Å²) in [4.78, 5) is 2.13. The van der Waals surface area contributed by atoms with Crippen molar-refractivity contribution in [1.29, 1.82) is 0 Å². The molecule has 1 aromatic rings. The minimum atomic E-state index is 0. The lowest BCUT2D eigenvalue weighted by Gasteiger charge is -2.22. The highest BCUT2D eigenvalue weighted by Crippen LogP contribution is 2.15. The van der Waals surface area contributed by atoms with Crippen molar-refractivity contribution in [3.05, 3.63) is 35.9 Å². The molecule has 0 aliphatic rings. The van der Waals surface area contributed by atoms with Crippen LogP contribution in [0.15, 0.2) is 30.3 Å². The molecule has 0 fully saturated rings. The molecule has 0 bridgehead atoms. The Kier molecular flexibility index (Phi) is 5.71. The predicted octanol–water partition coefficient (Wildman–Crippen LogP) is 1.67. The first kappa shape index (κ1) is 12.4. The van der Waals surface area contributed by atoms with Gasteiger partial charge in [-0.25, -0.2) is 0 Å². The minimum absolute atomic E-state index is 0. The van der Waals surface area contributed by atoms with Gasteiger partial charge in [0.15, 0.2) is 0 Å². The van der Waals surface area contributed by atoms with Crippen LogP contribution in [-0.4, -0.2) is 25.5 Å². The molecule has 0 aliphatic heterocycles. The Hall–Kier alpha value is -0.570. The van der Waals surface area contributed by atoms with Crippen molar-refractivity contribution in [2.45, 2.75) is 6.04 Å². The van der Waals surface area contributed by atoms with E-state index in [-0.39, 0.29) is 12.4 Å².